The summed E-state index contributed by atoms with van der Waals surface area (Å²) in [6.45, 7) is 2.59. The van der Waals surface area contributed by atoms with Crippen LogP contribution < -0.4 is 5.32 Å². The molecule has 0 saturated heterocycles. The fraction of sp³-hybridized carbons (Fsp3) is 0.462. The summed E-state index contributed by atoms with van der Waals surface area (Å²) >= 11 is 5.93. The third-order valence-electron chi connectivity index (χ3n) is 2.85. The van der Waals surface area contributed by atoms with Gasteiger partial charge in [-0.2, -0.15) is 0 Å². The zero-order valence-corrected chi connectivity index (χ0v) is 10.5. The van der Waals surface area contributed by atoms with E-state index >= 15 is 0 Å². The van der Waals surface area contributed by atoms with E-state index in [-0.39, 0.29) is 18.6 Å². The van der Waals surface area contributed by atoms with Gasteiger partial charge in [0, 0.05) is 23.6 Å². The highest BCUT2D eigenvalue weighted by Gasteiger charge is 2.39. The van der Waals surface area contributed by atoms with E-state index in [0.717, 1.165) is 11.4 Å². The van der Waals surface area contributed by atoms with Crippen molar-refractivity contribution < 1.29 is 9.53 Å². The smallest absolute Gasteiger partial charge is 0.246 e. The molecule has 2 rings (SSSR count). The molecule has 17 heavy (non-hydrogen) atoms. The van der Waals surface area contributed by atoms with Crippen LogP contribution in [0.5, 0.6) is 0 Å². The second-order valence-electron chi connectivity index (χ2n) is 4.21. The third-order valence-corrected chi connectivity index (χ3v) is 3.09. The summed E-state index contributed by atoms with van der Waals surface area (Å²) in [5.41, 5.74) is 1.19. The van der Waals surface area contributed by atoms with E-state index in [9.17, 15) is 4.79 Å². The molecule has 0 aliphatic heterocycles. The van der Waals surface area contributed by atoms with Gasteiger partial charge in [0.05, 0.1) is 0 Å². The van der Waals surface area contributed by atoms with E-state index < -0.39 is 0 Å². The van der Waals surface area contributed by atoms with Crippen LogP contribution in [-0.4, -0.2) is 25.2 Å². The van der Waals surface area contributed by atoms with E-state index in [1.807, 2.05) is 31.2 Å². The number of carbonyl (C=O) groups is 1. The summed E-state index contributed by atoms with van der Waals surface area (Å²) in [5.74, 6) is 0.362. The van der Waals surface area contributed by atoms with Gasteiger partial charge in [-0.05, 0) is 31.0 Å². The van der Waals surface area contributed by atoms with Crippen molar-refractivity contribution in [3.8, 4) is 0 Å². The first-order valence-corrected chi connectivity index (χ1v) is 6.21. The van der Waals surface area contributed by atoms with Crippen LogP contribution in [-0.2, 0) is 9.53 Å². The predicted molar refractivity (Wildman–Crippen MR) is 67.2 cm³/mol. The van der Waals surface area contributed by atoms with Gasteiger partial charge in [0.2, 0.25) is 5.91 Å². The van der Waals surface area contributed by atoms with E-state index in [0.29, 0.717) is 12.5 Å². The highest BCUT2D eigenvalue weighted by molar-refractivity contribution is 6.30. The number of rotatable bonds is 5. The molecule has 1 aromatic rings. The molecule has 2 unspecified atom stereocenters. The molecule has 1 N–H and O–H groups in total. The van der Waals surface area contributed by atoms with Gasteiger partial charge in [-0.3, -0.25) is 4.79 Å². The zero-order chi connectivity index (χ0) is 12.3. The minimum atomic E-state index is -0.0404. The Labute approximate surface area is 106 Å². The van der Waals surface area contributed by atoms with Crippen molar-refractivity contribution >= 4 is 17.5 Å². The average molecular weight is 254 g/mol. The van der Waals surface area contributed by atoms with Crippen molar-refractivity contribution in [1.29, 1.82) is 0 Å². The SMILES string of the molecule is CCOCC(=O)NC1CC1c1cccc(Cl)c1. The summed E-state index contributed by atoms with van der Waals surface area (Å²) in [7, 11) is 0. The largest absolute Gasteiger partial charge is 0.372 e. The van der Waals surface area contributed by atoms with Crippen LogP contribution in [0.25, 0.3) is 0 Å². The van der Waals surface area contributed by atoms with Crippen LogP contribution in [0.1, 0.15) is 24.8 Å². The van der Waals surface area contributed by atoms with Crippen LogP contribution in [0.2, 0.25) is 5.02 Å². The lowest BCUT2D eigenvalue weighted by molar-refractivity contribution is -0.125. The molecule has 1 amide bonds. The molecule has 2 atom stereocenters. The van der Waals surface area contributed by atoms with Crippen molar-refractivity contribution in [2.24, 2.45) is 0 Å². The number of carbonyl (C=O) groups excluding carboxylic acids is 1. The molecule has 1 fully saturated rings. The molecule has 1 aromatic carbocycles. The predicted octanol–water partition coefficient (Wildman–Crippen LogP) is 2.35. The van der Waals surface area contributed by atoms with Crippen LogP contribution in [0.4, 0.5) is 0 Å². The second kappa shape index (κ2) is 5.52. The zero-order valence-electron chi connectivity index (χ0n) is 9.78. The molecule has 3 nitrogen and oxygen atoms in total. The fourth-order valence-corrected chi connectivity index (χ4v) is 2.10. The second-order valence-corrected chi connectivity index (χ2v) is 4.64. The van der Waals surface area contributed by atoms with Gasteiger partial charge < -0.3 is 10.1 Å². The van der Waals surface area contributed by atoms with Crippen LogP contribution in [0.15, 0.2) is 24.3 Å². The van der Waals surface area contributed by atoms with Crippen LogP contribution >= 0.6 is 11.6 Å². The lowest BCUT2D eigenvalue weighted by Crippen LogP contribution is -2.30. The maximum atomic E-state index is 11.4. The highest BCUT2D eigenvalue weighted by Crippen LogP contribution is 2.41. The van der Waals surface area contributed by atoms with Gasteiger partial charge in [0.25, 0.3) is 0 Å². The Morgan fingerprint density at radius 2 is 2.41 bits per heavy atom. The first kappa shape index (κ1) is 12.4. The van der Waals surface area contributed by atoms with Crippen molar-refractivity contribution in [1.82, 2.24) is 5.32 Å². The number of benzene rings is 1. The fourth-order valence-electron chi connectivity index (χ4n) is 1.90. The summed E-state index contributed by atoms with van der Waals surface area (Å²) < 4.78 is 5.05. The lowest BCUT2D eigenvalue weighted by Gasteiger charge is -2.05. The van der Waals surface area contributed by atoms with Crippen molar-refractivity contribution in [2.75, 3.05) is 13.2 Å². The highest BCUT2D eigenvalue weighted by atomic mass is 35.5. The standard InChI is InChI=1S/C13H16ClNO2/c1-2-17-8-13(16)15-12-7-11(12)9-4-3-5-10(14)6-9/h3-6,11-12H,2,7-8H2,1H3,(H,15,16). The van der Waals surface area contributed by atoms with Crippen molar-refractivity contribution in [3.63, 3.8) is 0 Å². The molecule has 0 aromatic heterocycles. The Balaban J connectivity index is 1.82. The van der Waals surface area contributed by atoms with Gasteiger partial charge >= 0.3 is 0 Å². The number of nitrogens with one attached hydrogen (secondary N) is 1. The molecule has 0 heterocycles. The van der Waals surface area contributed by atoms with E-state index in [1.165, 1.54) is 5.56 Å². The van der Waals surface area contributed by atoms with Gasteiger partial charge in [-0.1, -0.05) is 23.7 Å². The Hall–Kier alpha value is -1.06. The van der Waals surface area contributed by atoms with Gasteiger partial charge in [0.1, 0.15) is 6.61 Å². The van der Waals surface area contributed by atoms with Crippen molar-refractivity contribution in [3.05, 3.63) is 34.9 Å². The van der Waals surface area contributed by atoms with Crippen LogP contribution in [0, 0.1) is 0 Å². The maximum Gasteiger partial charge on any atom is 0.246 e. The quantitative estimate of drug-likeness (QED) is 0.875. The monoisotopic (exact) mass is 253 g/mol. The first-order valence-electron chi connectivity index (χ1n) is 5.83. The summed E-state index contributed by atoms with van der Waals surface area (Å²) in [5, 5.41) is 3.69. The summed E-state index contributed by atoms with van der Waals surface area (Å²) in [6.07, 6.45) is 0.984. The molecule has 1 aliphatic rings. The minimum Gasteiger partial charge on any atom is -0.372 e. The Kier molecular flexibility index (Phi) is 4.02. The average Bonchev–Trinajstić information content (AvgIpc) is 3.05. The maximum absolute atomic E-state index is 11.4. The summed E-state index contributed by atoms with van der Waals surface area (Å²) in [6, 6.07) is 8.04. The number of halogens is 1. The third kappa shape index (κ3) is 3.45. The van der Waals surface area contributed by atoms with Gasteiger partial charge in [-0.25, -0.2) is 0 Å². The van der Waals surface area contributed by atoms with Gasteiger partial charge in [0.15, 0.2) is 0 Å². The molecule has 0 bridgehead atoms. The molecule has 4 heteroatoms. The topological polar surface area (TPSA) is 38.3 Å². The summed E-state index contributed by atoms with van der Waals surface area (Å²) in [4.78, 5) is 11.4. The molecule has 0 radical (unpaired) electrons. The lowest BCUT2D eigenvalue weighted by atomic mass is 10.1. The Bertz CT molecular complexity index is 408. The molecular formula is C13H16ClNO2. The number of amides is 1. The van der Waals surface area contributed by atoms with E-state index in [4.69, 9.17) is 16.3 Å². The van der Waals surface area contributed by atoms with Crippen molar-refractivity contribution in [2.45, 2.75) is 25.3 Å². The minimum absolute atomic E-state index is 0.0404. The first-order chi connectivity index (χ1) is 8.20. The number of ether oxygens (including phenoxy) is 1. The molecule has 92 valence electrons. The van der Waals surface area contributed by atoms with E-state index in [2.05, 4.69) is 5.32 Å². The number of hydrogen-bond donors (Lipinski definition) is 1. The molecule has 1 aliphatic carbocycles. The van der Waals surface area contributed by atoms with Gasteiger partial charge in [-0.15, -0.1) is 0 Å². The molecular weight excluding hydrogens is 238 g/mol. The van der Waals surface area contributed by atoms with E-state index in [1.54, 1.807) is 0 Å². The Morgan fingerprint density at radius 3 is 3.12 bits per heavy atom. The van der Waals surface area contributed by atoms with Crippen LogP contribution in [0.3, 0.4) is 0 Å². The normalized spacial score (nSPS) is 22.2. The number of hydrogen-bond acceptors (Lipinski definition) is 2. The Morgan fingerprint density at radius 1 is 1.59 bits per heavy atom. The molecule has 0 spiro atoms. The molecule has 1 saturated carbocycles.